The van der Waals surface area contributed by atoms with Gasteiger partial charge in [0.2, 0.25) is 0 Å². The normalized spacial score (nSPS) is 14.2. The van der Waals surface area contributed by atoms with E-state index >= 15 is 0 Å². The summed E-state index contributed by atoms with van der Waals surface area (Å²) in [5, 5.41) is 3.05. The largest absolute Gasteiger partial charge is 0.349 e. The predicted octanol–water partition coefficient (Wildman–Crippen LogP) is 4.37. The Bertz CT molecular complexity index is 656. The lowest BCUT2D eigenvalue weighted by atomic mass is 9.92. The van der Waals surface area contributed by atoms with Crippen LogP contribution in [-0.2, 0) is 0 Å². The van der Waals surface area contributed by atoms with Gasteiger partial charge in [-0.25, -0.2) is 0 Å². The number of carbonyl (C=O) groups is 1. The summed E-state index contributed by atoms with van der Waals surface area (Å²) in [4.78, 5) is 12.2. The molecule has 3 rings (SSSR count). The first-order valence-electron chi connectivity index (χ1n) is 7.65. The number of nitrogens with one attached hydrogen (secondary N) is 1. The van der Waals surface area contributed by atoms with Crippen molar-refractivity contribution >= 4 is 5.91 Å². The summed E-state index contributed by atoms with van der Waals surface area (Å²) in [7, 11) is 0. The topological polar surface area (TPSA) is 29.1 Å². The first-order chi connectivity index (χ1) is 10.1. The van der Waals surface area contributed by atoms with Gasteiger partial charge in [-0.2, -0.15) is 0 Å². The van der Waals surface area contributed by atoms with E-state index in [0.29, 0.717) is 12.0 Å². The molecule has 108 valence electrons. The highest BCUT2D eigenvalue weighted by atomic mass is 16.1. The van der Waals surface area contributed by atoms with Gasteiger partial charge >= 0.3 is 0 Å². The molecule has 1 aliphatic carbocycles. The Kier molecular flexibility index (Phi) is 3.78. The molecule has 2 aromatic rings. The van der Waals surface area contributed by atoms with E-state index in [9.17, 15) is 4.79 Å². The molecule has 1 amide bonds. The van der Waals surface area contributed by atoms with Gasteiger partial charge in [0, 0.05) is 11.6 Å². The minimum absolute atomic E-state index is 0.0429. The van der Waals surface area contributed by atoms with Gasteiger partial charge in [-0.05, 0) is 47.6 Å². The number of benzene rings is 2. The maximum Gasteiger partial charge on any atom is 0.251 e. The fourth-order valence-electron chi connectivity index (χ4n) is 2.59. The lowest BCUT2D eigenvalue weighted by Crippen LogP contribution is -2.25. The van der Waals surface area contributed by atoms with Crippen LogP contribution in [0.5, 0.6) is 0 Å². The van der Waals surface area contributed by atoms with Gasteiger partial charge in [-0.15, -0.1) is 0 Å². The molecule has 0 heterocycles. The molecule has 0 aromatic heterocycles. The highest BCUT2D eigenvalue weighted by molar-refractivity contribution is 5.95. The average molecular weight is 279 g/mol. The van der Waals surface area contributed by atoms with Crippen molar-refractivity contribution in [1.29, 1.82) is 0 Å². The summed E-state index contributed by atoms with van der Waals surface area (Å²) in [6.45, 7) is 4.39. The molecule has 1 saturated carbocycles. The van der Waals surface area contributed by atoms with Crippen molar-refractivity contribution < 1.29 is 4.79 Å². The fourth-order valence-corrected chi connectivity index (χ4v) is 2.59. The molecule has 1 fully saturated rings. The summed E-state index contributed by atoms with van der Waals surface area (Å²) in [5.74, 6) is 0.506. The predicted molar refractivity (Wildman–Crippen MR) is 86.5 cm³/mol. The highest BCUT2D eigenvalue weighted by Crippen LogP contribution is 2.29. The first kappa shape index (κ1) is 13.9. The number of amides is 1. The van der Waals surface area contributed by atoms with E-state index in [4.69, 9.17) is 0 Å². The molecule has 1 N–H and O–H groups in total. The minimum Gasteiger partial charge on any atom is -0.349 e. The van der Waals surface area contributed by atoms with E-state index in [2.05, 4.69) is 49.5 Å². The van der Waals surface area contributed by atoms with E-state index in [1.54, 1.807) is 0 Å². The Labute approximate surface area is 126 Å². The Morgan fingerprint density at radius 2 is 1.86 bits per heavy atom. The van der Waals surface area contributed by atoms with Crippen LogP contribution in [0.1, 0.15) is 48.5 Å². The summed E-state index contributed by atoms with van der Waals surface area (Å²) in [5.41, 5.74) is 4.39. The summed E-state index contributed by atoms with van der Waals surface area (Å²) in [6.07, 6.45) is 2.23. The summed E-state index contributed by atoms with van der Waals surface area (Å²) >= 11 is 0. The number of rotatable bonds is 4. The third-order valence-electron chi connectivity index (χ3n) is 3.93. The second-order valence-corrected chi connectivity index (χ2v) is 6.07. The zero-order valence-electron chi connectivity index (χ0n) is 12.6. The second-order valence-electron chi connectivity index (χ2n) is 6.07. The molecule has 0 radical (unpaired) electrons. The standard InChI is InChI=1S/C19H21NO/c1-13(2)17-8-3-4-9-18(17)14-6-5-7-15(12-14)19(21)20-16-10-11-16/h3-9,12-13,16H,10-11H2,1-2H3,(H,20,21). The van der Waals surface area contributed by atoms with Crippen molar-refractivity contribution in [3.8, 4) is 11.1 Å². The third-order valence-corrected chi connectivity index (χ3v) is 3.93. The van der Waals surface area contributed by atoms with Crippen LogP contribution < -0.4 is 5.32 Å². The van der Waals surface area contributed by atoms with Crippen LogP contribution in [0.3, 0.4) is 0 Å². The number of hydrogen-bond donors (Lipinski definition) is 1. The Morgan fingerprint density at radius 3 is 2.57 bits per heavy atom. The molecule has 1 aliphatic rings. The Balaban J connectivity index is 1.94. The molecule has 0 spiro atoms. The van der Waals surface area contributed by atoms with Crippen molar-refractivity contribution in [2.75, 3.05) is 0 Å². The van der Waals surface area contributed by atoms with Gasteiger partial charge in [0.1, 0.15) is 0 Å². The maximum atomic E-state index is 12.2. The smallest absolute Gasteiger partial charge is 0.251 e. The maximum absolute atomic E-state index is 12.2. The molecule has 2 aromatic carbocycles. The summed E-state index contributed by atoms with van der Waals surface area (Å²) in [6, 6.07) is 16.7. The van der Waals surface area contributed by atoms with Gasteiger partial charge in [0.25, 0.3) is 5.91 Å². The van der Waals surface area contributed by atoms with Crippen LogP contribution in [0.15, 0.2) is 48.5 Å². The van der Waals surface area contributed by atoms with Gasteiger partial charge in [-0.3, -0.25) is 4.79 Å². The Morgan fingerprint density at radius 1 is 1.10 bits per heavy atom. The van der Waals surface area contributed by atoms with E-state index in [0.717, 1.165) is 24.0 Å². The fraction of sp³-hybridized carbons (Fsp3) is 0.316. The van der Waals surface area contributed by atoms with Crippen LogP contribution in [0.25, 0.3) is 11.1 Å². The molecule has 0 bridgehead atoms. The lowest BCUT2D eigenvalue weighted by Gasteiger charge is -2.13. The minimum atomic E-state index is 0.0429. The highest BCUT2D eigenvalue weighted by Gasteiger charge is 2.23. The second kappa shape index (κ2) is 5.72. The van der Waals surface area contributed by atoms with E-state index < -0.39 is 0 Å². The van der Waals surface area contributed by atoms with Gasteiger partial charge in [0.15, 0.2) is 0 Å². The monoisotopic (exact) mass is 279 g/mol. The van der Waals surface area contributed by atoms with E-state index in [1.807, 2.05) is 18.2 Å². The third kappa shape index (κ3) is 3.15. The van der Waals surface area contributed by atoms with E-state index in [1.165, 1.54) is 11.1 Å². The molecule has 0 aliphatic heterocycles. The molecular formula is C19H21NO. The van der Waals surface area contributed by atoms with Crippen molar-refractivity contribution in [3.63, 3.8) is 0 Å². The number of carbonyl (C=O) groups excluding carboxylic acids is 1. The van der Waals surface area contributed by atoms with Crippen molar-refractivity contribution in [3.05, 3.63) is 59.7 Å². The van der Waals surface area contributed by atoms with E-state index in [-0.39, 0.29) is 5.91 Å². The van der Waals surface area contributed by atoms with Crippen LogP contribution in [0.4, 0.5) is 0 Å². The molecule has 2 heteroatoms. The quantitative estimate of drug-likeness (QED) is 0.884. The number of hydrogen-bond acceptors (Lipinski definition) is 1. The SMILES string of the molecule is CC(C)c1ccccc1-c1cccc(C(=O)NC2CC2)c1. The zero-order chi connectivity index (χ0) is 14.8. The summed E-state index contributed by atoms with van der Waals surface area (Å²) < 4.78 is 0. The lowest BCUT2D eigenvalue weighted by molar-refractivity contribution is 0.0951. The average Bonchev–Trinajstić information content (AvgIpc) is 3.31. The molecule has 0 saturated heterocycles. The molecule has 21 heavy (non-hydrogen) atoms. The van der Waals surface area contributed by atoms with Crippen LogP contribution in [0, 0.1) is 0 Å². The van der Waals surface area contributed by atoms with Crippen molar-refractivity contribution in [1.82, 2.24) is 5.32 Å². The van der Waals surface area contributed by atoms with Crippen molar-refractivity contribution in [2.45, 2.75) is 38.6 Å². The van der Waals surface area contributed by atoms with Crippen molar-refractivity contribution in [2.24, 2.45) is 0 Å². The zero-order valence-corrected chi connectivity index (χ0v) is 12.6. The molecule has 2 nitrogen and oxygen atoms in total. The molecule has 0 unspecified atom stereocenters. The van der Waals surface area contributed by atoms with Gasteiger partial charge in [0.05, 0.1) is 0 Å². The van der Waals surface area contributed by atoms with Crippen LogP contribution in [-0.4, -0.2) is 11.9 Å². The molecular weight excluding hydrogens is 258 g/mol. The van der Waals surface area contributed by atoms with Gasteiger partial charge < -0.3 is 5.32 Å². The first-order valence-corrected chi connectivity index (χ1v) is 7.65. The van der Waals surface area contributed by atoms with Crippen LogP contribution in [0.2, 0.25) is 0 Å². The Hall–Kier alpha value is -2.09. The molecule has 0 atom stereocenters. The van der Waals surface area contributed by atoms with Crippen LogP contribution >= 0.6 is 0 Å². The van der Waals surface area contributed by atoms with Gasteiger partial charge in [-0.1, -0.05) is 50.2 Å².